The van der Waals surface area contributed by atoms with Crippen molar-refractivity contribution in [3.05, 3.63) is 60.7 Å². The lowest BCUT2D eigenvalue weighted by atomic mass is 10.1. The molecule has 31 heavy (non-hydrogen) atoms. The molecule has 2 aromatic rings. The number of nitrogens with one attached hydrogen (secondary N) is 2. The summed E-state index contributed by atoms with van der Waals surface area (Å²) in [6.07, 6.45) is 3.19. The molecule has 0 aliphatic heterocycles. The van der Waals surface area contributed by atoms with Gasteiger partial charge in [0.2, 0.25) is 5.91 Å². The van der Waals surface area contributed by atoms with Crippen LogP contribution < -0.4 is 10.6 Å². The minimum Gasteiger partial charge on any atom is -0.444 e. The Morgan fingerprint density at radius 3 is 2.48 bits per heavy atom. The number of imidazole rings is 1. The second-order valence-corrected chi connectivity index (χ2v) is 9.79. The van der Waals surface area contributed by atoms with Crippen molar-refractivity contribution < 1.29 is 22.7 Å². The molecule has 2 N–H and O–H groups in total. The van der Waals surface area contributed by atoms with Crippen LogP contribution in [0.5, 0.6) is 0 Å². The smallest absolute Gasteiger partial charge is 0.408 e. The summed E-state index contributed by atoms with van der Waals surface area (Å²) in [5.74, 6) is -0.471. The number of benzene rings is 1. The SMILES string of the molecule is C=CCNC(=O)[C@H](Cc1cn(S(=O)(=O)c2ccc(C)cc2)cn1)NC(=O)OC(C)(C)C. The zero-order valence-electron chi connectivity index (χ0n) is 18.1. The third kappa shape index (κ3) is 6.95. The molecule has 0 unspecified atom stereocenters. The fraction of sp³-hybridized carbons (Fsp3) is 0.381. The minimum absolute atomic E-state index is 0.0291. The molecule has 0 spiro atoms. The largest absolute Gasteiger partial charge is 0.444 e. The Hall–Kier alpha value is -3.14. The lowest BCUT2D eigenvalue weighted by molar-refractivity contribution is -0.123. The quantitative estimate of drug-likeness (QED) is 0.598. The van der Waals surface area contributed by atoms with Crippen LogP contribution in [0.3, 0.4) is 0 Å². The van der Waals surface area contributed by atoms with Gasteiger partial charge < -0.3 is 15.4 Å². The highest BCUT2D eigenvalue weighted by molar-refractivity contribution is 7.90. The van der Waals surface area contributed by atoms with Crippen molar-refractivity contribution in [2.45, 2.75) is 50.7 Å². The molecule has 0 fully saturated rings. The number of ether oxygens (including phenoxy) is 1. The van der Waals surface area contributed by atoms with E-state index in [2.05, 4.69) is 22.2 Å². The second kappa shape index (κ2) is 9.78. The Bertz CT molecular complexity index is 1040. The lowest BCUT2D eigenvalue weighted by Gasteiger charge is -2.23. The van der Waals surface area contributed by atoms with Crippen LogP contribution in [-0.2, 0) is 26.0 Å². The summed E-state index contributed by atoms with van der Waals surface area (Å²) in [5, 5.41) is 5.12. The van der Waals surface area contributed by atoms with Crippen LogP contribution >= 0.6 is 0 Å². The molecule has 0 radical (unpaired) electrons. The van der Waals surface area contributed by atoms with E-state index in [4.69, 9.17) is 4.74 Å². The van der Waals surface area contributed by atoms with E-state index < -0.39 is 33.7 Å². The third-order valence-electron chi connectivity index (χ3n) is 4.05. The van der Waals surface area contributed by atoms with E-state index in [0.29, 0.717) is 5.69 Å². The highest BCUT2D eigenvalue weighted by Gasteiger charge is 2.26. The van der Waals surface area contributed by atoms with Gasteiger partial charge in [-0.15, -0.1) is 6.58 Å². The van der Waals surface area contributed by atoms with Crippen LogP contribution in [-0.4, -0.2) is 47.6 Å². The van der Waals surface area contributed by atoms with Crippen LogP contribution in [0.1, 0.15) is 32.0 Å². The predicted octanol–water partition coefficient (Wildman–Crippen LogP) is 2.17. The fourth-order valence-electron chi connectivity index (χ4n) is 2.58. The number of carbonyl (C=O) groups is 2. The molecule has 0 saturated heterocycles. The summed E-state index contributed by atoms with van der Waals surface area (Å²) >= 11 is 0. The van der Waals surface area contributed by atoms with E-state index in [1.54, 1.807) is 32.9 Å². The monoisotopic (exact) mass is 448 g/mol. The van der Waals surface area contributed by atoms with Gasteiger partial charge in [-0.25, -0.2) is 22.2 Å². The highest BCUT2D eigenvalue weighted by atomic mass is 32.2. The first-order chi connectivity index (χ1) is 14.4. The molecule has 1 atom stereocenters. The number of amides is 2. The Balaban J connectivity index is 2.21. The van der Waals surface area contributed by atoms with Crippen molar-refractivity contribution in [3.63, 3.8) is 0 Å². The molecule has 0 saturated carbocycles. The summed E-state index contributed by atoms with van der Waals surface area (Å²) in [6.45, 7) is 10.7. The van der Waals surface area contributed by atoms with Gasteiger partial charge >= 0.3 is 6.09 Å². The van der Waals surface area contributed by atoms with Crippen LogP contribution in [0.4, 0.5) is 4.79 Å². The van der Waals surface area contributed by atoms with Crippen molar-refractivity contribution in [3.8, 4) is 0 Å². The van der Waals surface area contributed by atoms with Crippen molar-refractivity contribution in [2.24, 2.45) is 0 Å². The van der Waals surface area contributed by atoms with Crippen molar-refractivity contribution >= 4 is 22.0 Å². The maximum absolute atomic E-state index is 12.8. The molecular formula is C21H28N4O5S. The highest BCUT2D eigenvalue weighted by Crippen LogP contribution is 2.15. The van der Waals surface area contributed by atoms with Crippen molar-refractivity contribution in [1.29, 1.82) is 0 Å². The van der Waals surface area contributed by atoms with Gasteiger partial charge in [-0.2, -0.15) is 0 Å². The number of alkyl carbamates (subject to hydrolysis) is 1. The Labute approximate surface area is 182 Å². The van der Waals surface area contributed by atoms with E-state index in [1.165, 1.54) is 24.4 Å². The molecule has 0 bridgehead atoms. The third-order valence-corrected chi connectivity index (χ3v) is 5.67. The molecular weight excluding hydrogens is 420 g/mol. The van der Waals surface area contributed by atoms with Crippen LogP contribution in [0.25, 0.3) is 0 Å². The maximum Gasteiger partial charge on any atom is 0.408 e. The summed E-state index contributed by atoms with van der Waals surface area (Å²) in [6, 6.07) is 5.42. The standard InChI is InChI=1S/C21H28N4O5S/c1-6-11-22-19(26)18(24-20(27)30-21(3,4)5)12-16-13-25(14-23-16)31(28,29)17-9-7-15(2)8-10-17/h6-10,13-14,18H,1,11-12H2,2-5H3,(H,22,26)(H,24,27)/t18-/m0/s1. The van der Waals surface area contributed by atoms with E-state index >= 15 is 0 Å². The lowest BCUT2D eigenvalue weighted by Crippen LogP contribution is -2.49. The number of aryl methyl sites for hydroxylation is 1. The minimum atomic E-state index is -3.82. The Morgan fingerprint density at radius 1 is 1.26 bits per heavy atom. The first-order valence-electron chi connectivity index (χ1n) is 9.65. The van der Waals surface area contributed by atoms with Crippen molar-refractivity contribution in [1.82, 2.24) is 19.6 Å². The van der Waals surface area contributed by atoms with Gasteiger partial charge in [-0.05, 0) is 39.8 Å². The molecule has 9 nitrogen and oxygen atoms in total. The van der Waals surface area contributed by atoms with E-state index in [9.17, 15) is 18.0 Å². The molecule has 1 aromatic carbocycles. The van der Waals surface area contributed by atoms with Gasteiger partial charge in [0.1, 0.15) is 18.0 Å². The van der Waals surface area contributed by atoms with Gasteiger partial charge in [0.05, 0.1) is 10.6 Å². The number of carbonyl (C=O) groups excluding carboxylic acids is 2. The average Bonchev–Trinajstić information content (AvgIpc) is 3.14. The molecule has 0 aliphatic rings. The first kappa shape index (κ1) is 24.1. The first-order valence-corrected chi connectivity index (χ1v) is 11.1. The number of hydrogen-bond donors (Lipinski definition) is 2. The number of nitrogens with zero attached hydrogens (tertiary/aromatic N) is 2. The predicted molar refractivity (Wildman–Crippen MR) is 116 cm³/mol. The molecule has 10 heteroatoms. The maximum atomic E-state index is 12.8. The summed E-state index contributed by atoms with van der Waals surface area (Å²) in [5.41, 5.74) is 0.507. The Morgan fingerprint density at radius 2 is 1.90 bits per heavy atom. The summed E-state index contributed by atoms with van der Waals surface area (Å²) in [7, 11) is -3.82. The van der Waals surface area contributed by atoms with Crippen molar-refractivity contribution in [2.75, 3.05) is 6.54 Å². The molecule has 0 aliphatic carbocycles. The van der Waals surface area contributed by atoms with Gasteiger partial charge in [0.15, 0.2) is 0 Å². The molecule has 1 aromatic heterocycles. The molecule has 1 heterocycles. The van der Waals surface area contributed by atoms with Gasteiger partial charge in [-0.1, -0.05) is 23.8 Å². The van der Waals surface area contributed by atoms with E-state index in [-0.39, 0.29) is 17.9 Å². The second-order valence-electron chi connectivity index (χ2n) is 7.95. The molecule has 2 rings (SSSR count). The average molecular weight is 449 g/mol. The van der Waals surface area contributed by atoms with Crippen LogP contribution in [0.2, 0.25) is 0 Å². The summed E-state index contributed by atoms with van der Waals surface area (Å²) < 4.78 is 31.8. The zero-order valence-corrected chi connectivity index (χ0v) is 18.9. The number of aromatic nitrogens is 2. The topological polar surface area (TPSA) is 119 Å². The van der Waals surface area contributed by atoms with E-state index in [1.807, 2.05) is 6.92 Å². The fourth-order valence-corrected chi connectivity index (χ4v) is 3.73. The number of rotatable bonds is 8. The van der Waals surface area contributed by atoms with Gasteiger partial charge in [0, 0.05) is 19.2 Å². The zero-order chi connectivity index (χ0) is 23.2. The van der Waals surface area contributed by atoms with Gasteiger partial charge in [0.25, 0.3) is 10.0 Å². The van der Waals surface area contributed by atoms with Crippen LogP contribution in [0, 0.1) is 6.92 Å². The molecule has 168 valence electrons. The van der Waals surface area contributed by atoms with E-state index in [0.717, 1.165) is 15.9 Å². The number of hydrogen-bond acceptors (Lipinski definition) is 6. The molecule has 2 amide bonds. The Kier molecular flexibility index (Phi) is 7.61. The summed E-state index contributed by atoms with van der Waals surface area (Å²) in [4.78, 5) is 28.9. The normalized spacial score (nSPS) is 12.6. The van der Waals surface area contributed by atoms with Crippen LogP contribution in [0.15, 0.2) is 54.3 Å². The van der Waals surface area contributed by atoms with Gasteiger partial charge in [-0.3, -0.25) is 4.79 Å².